The van der Waals surface area contributed by atoms with Crippen LogP contribution in [0.4, 0.5) is 0 Å². The van der Waals surface area contributed by atoms with Crippen LogP contribution in [0.5, 0.6) is 0 Å². The summed E-state index contributed by atoms with van der Waals surface area (Å²) in [6.07, 6.45) is 8.99. The van der Waals surface area contributed by atoms with Crippen LogP contribution in [0.25, 0.3) is 0 Å². The minimum Gasteiger partial charge on any atom is -0.393 e. The van der Waals surface area contributed by atoms with Crippen molar-refractivity contribution < 1.29 is 18.6 Å². The molecule has 4 fully saturated rings. The minimum atomic E-state index is -3.35. The molecule has 3 N–H and O–H groups in total. The van der Waals surface area contributed by atoms with Gasteiger partial charge in [-0.3, -0.25) is 0 Å². The van der Waals surface area contributed by atoms with Crippen LogP contribution in [0.3, 0.4) is 0 Å². The van der Waals surface area contributed by atoms with Gasteiger partial charge >= 0.3 is 0 Å². The molecule has 1 aromatic carbocycles. The first-order chi connectivity index (χ1) is 18.0. The van der Waals surface area contributed by atoms with E-state index in [4.69, 9.17) is 0 Å². The lowest BCUT2D eigenvalue weighted by molar-refractivity contribution is -0.203. The van der Waals surface area contributed by atoms with Gasteiger partial charge in [-0.2, -0.15) is 0 Å². The number of hydrogen-bond donors (Lipinski definition) is 3. The largest absolute Gasteiger partial charge is 0.393 e. The van der Waals surface area contributed by atoms with E-state index in [0.29, 0.717) is 42.1 Å². The van der Waals surface area contributed by atoms with E-state index in [9.17, 15) is 18.6 Å². The van der Waals surface area contributed by atoms with E-state index in [0.717, 1.165) is 37.7 Å². The molecule has 38 heavy (non-hydrogen) atoms. The third kappa shape index (κ3) is 5.01. The quantitative estimate of drug-likeness (QED) is 0.388. The molecule has 0 radical (unpaired) electrons. The van der Waals surface area contributed by atoms with Crippen molar-refractivity contribution in [3.05, 3.63) is 35.9 Å². The van der Waals surface area contributed by atoms with Gasteiger partial charge in [0, 0.05) is 6.54 Å². The molecule has 6 heteroatoms. The normalized spacial score (nSPS) is 43.6. The number of aliphatic hydroxyl groups excluding tert-OH is 2. The Morgan fingerprint density at radius 2 is 1.66 bits per heavy atom. The summed E-state index contributed by atoms with van der Waals surface area (Å²) in [5, 5.41) is 22.4. The molecule has 0 heterocycles. The number of nitrogens with one attached hydrogen (secondary N) is 1. The van der Waals surface area contributed by atoms with Crippen LogP contribution in [0.1, 0.15) is 91.0 Å². The van der Waals surface area contributed by atoms with E-state index in [1.807, 2.05) is 30.3 Å². The van der Waals surface area contributed by atoms with Gasteiger partial charge in [0.1, 0.15) is 0 Å². The Morgan fingerprint density at radius 1 is 0.974 bits per heavy atom. The molecule has 4 aliphatic rings. The van der Waals surface area contributed by atoms with Crippen LogP contribution in [-0.4, -0.2) is 37.4 Å². The highest BCUT2D eigenvalue weighted by molar-refractivity contribution is 7.88. The lowest BCUT2D eigenvalue weighted by Gasteiger charge is -2.64. The first kappa shape index (κ1) is 28.6. The highest BCUT2D eigenvalue weighted by Crippen LogP contribution is 2.69. The van der Waals surface area contributed by atoms with Gasteiger partial charge in [-0.25, -0.2) is 13.1 Å². The van der Waals surface area contributed by atoms with Crippen molar-refractivity contribution in [2.75, 3.05) is 6.54 Å². The molecule has 214 valence electrons. The lowest BCUT2D eigenvalue weighted by Crippen LogP contribution is -2.62. The molecule has 0 aromatic heterocycles. The third-order valence-electron chi connectivity index (χ3n) is 12.3. The second kappa shape index (κ2) is 10.8. The Hall–Kier alpha value is -0.950. The van der Waals surface area contributed by atoms with E-state index in [1.54, 1.807) is 0 Å². The van der Waals surface area contributed by atoms with Gasteiger partial charge in [0.25, 0.3) is 0 Å². The molecule has 0 bridgehead atoms. The molecule has 5 rings (SSSR count). The van der Waals surface area contributed by atoms with Crippen LogP contribution in [0.2, 0.25) is 0 Å². The molecular weight excluding hydrogens is 494 g/mol. The standard InChI is InChI=1S/C32H51NO4S/c1-5-24-28-19-23(34)13-16-32(28,4)27-14-17-31(3)25(11-12-26(31)29(27)30(24)35)21(2)15-18-33-38(36,37)20-22-9-7-6-8-10-22/h6-10,21,23-30,33-35H,5,11-20H2,1-4H3/t21-,23-,24-,25?,26+,27?,28?,29+,30-,31?,32?/m1/s1. The molecule has 0 spiro atoms. The zero-order valence-corrected chi connectivity index (χ0v) is 24.8. The second-order valence-electron chi connectivity index (χ2n) is 14.0. The molecule has 5 unspecified atom stereocenters. The van der Waals surface area contributed by atoms with Gasteiger partial charge in [-0.15, -0.1) is 0 Å². The van der Waals surface area contributed by atoms with Gasteiger partial charge < -0.3 is 10.2 Å². The van der Waals surface area contributed by atoms with Crippen LogP contribution in [0, 0.1) is 52.3 Å². The van der Waals surface area contributed by atoms with E-state index >= 15 is 0 Å². The molecule has 11 atom stereocenters. The Labute approximate surface area is 231 Å². The van der Waals surface area contributed by atoms with E-state index < -0.39 is 10.0 Å². The summed E-state index contributed by atoms with van der Waals surface area (Å²) in [4.78, 5) is 0. The minimum absolute atomic E-state index is 0.0295. The molecule has 0 aliphatic heterocycles. The van der Waals surface area contributed by atoms with Gasteiger partial charge in [0.05, 0.1) is 18.0 Å². The summed E-state index contributed by atoms with van der Waals surface area (Å²) in [7, 11) is -3.35. The summed E-state index contributed by atoms with van der Waals surface area (Å²) >= 11 is 0. The Kier molecular flexibility index (Phi) is 8.12. The van der Waals surface area contributed by atoms with Crippen LogP contribution in [-0.2, 0) is 15.8 Å². The van der Waals surface area contributed by atoms with Crippen LogP contribution in [0.15, 0.2) is 30.3 Å². The van der Waals surface area contributed by atoms with Crippen LogP contribution >= 0.6 is 0 Å². The fourth-order valence-corrected chi connectivity index (χ4v) is 11.6. The van der Waals surface area contributed by atoms with Crippen molar-refractivity contribution in [2.45, 2.75) is 103 Å². The fourth-order valence-electron chi connectivity index (χ4n) is 10.4. The zero-order chi connectivity index (χ0) is 27.3. The van der Waals surface area contributed by atoms with E-state index in [-0.39, 0.29) is 34.7 Å². The van der Waals surface area contributed by atoms with Crippen molar-refractivity contribution in [1.82, 2.24) is 4.72 Å². The highest BCUT2D eigenvalue weighted by atomic mass is 32.2. The maximum Gasteiger partial charge on any atom is 0.215 e. The van der Waals surface area contributed by atoms with Crippen molar-refractivity contribution in [2.24, 2.45) is 52.3 Å². The smallest absolute Gasteiger partial charge is 0.215 e. The maximum absolute atomic E-state index is 12.7. The molecule has 0 amide bonds. The molecule has 4 saturated carbocycles. The molecule has 0 saturated heterocycles. The molecule has 5 nitrogen and oxygen atoms in total. The van der Waals surface area contributed by atoms with E-state index in [1.165, 1.54) is 25.7 Å². The monoisotopic (exact) mass is 545 g/mol. The SMILES string of the molecule is CC[C@@H]1C2C[C@H](O)CCC2(C)C2CCC3(C)C([C@H](C)CCNS(=O)(=O)Cc4ccccc4)CC[C@H]3[C@@H]2[C@@H]1O. The maximum atomic E-state index is 12.7. The number of rotatable bonds is 8. The predicted octanol–water partition coefficient (Wildman–Crippen LogP) is 5.76. The summed E-state index contributed by atoms with van der Waals surface area (Å²) in [5.74, 6) is 3.20. The highest BCUT2D eigenvalue weighted by Gasteiger charge is 2.64. The van der Waals surface area contributed by atoms with Gasteiger partial charge in [-0.05, 0) is 109 Å². The van der Waals surface area contributed by atoms with Crippen molar-refractivity contribution in [1.29, 1.82) is 0 Å². The third-order valence-corrected chi connectivity index (χ3v) is 13.6. The van der Waals surface area contributed by atoms with E-state index in [2.05, 4.69) is 32.4 Å². The van der Waals surface area contributed by atoms with Gasteiger partial charge in [-0.1, -0.05) is 64.4 Å². The van der Waals surface area contributed by atoms with Crippen LogP contribution < -0.4 is 4.72 Å². The number of fused-ring (bicyclic) bond motifs is 5. The number of hydrogen-bond acceptors (Lipinski definition) is 4. The Balaban J connectivity index is 1.26. The molecule has 4 aliphatic carbocycles. The predicted molar refractivity (Wildman–Crippen MR) is 153 cm³/mol. The number of benzene rings is 1. The van der Waals surface area contributed by atoms with Crippen molar-refractivity contribution >= 4 is 10.0 Å². The van der Waals surface area contributed by atoms with Crippen molar-refractivity contribution in [3.63, 3.8) is 0 Å². The summed E-state index contributed by atoms with van der Waals surface area (Å²) < 4.78 is 28.2. The summed E-state index contributed by atoms with van der Waals surface area (Å²) in [5.41, 5.74) is 1.25. The van der Waals surface area contributed by atoms with Gasteiger partial charge in [0.2, 0.25) is 10.0 Å². The first-order valence-electron chi connectivity index (χ1n) is 15.4. The Morgan fingerprint density at radius 3 is 2.37 bits per heavy atom. The summed E-state index contributed by atoms with van der Waals surface area (Å²) in [6.45, 7) is 10.0. The molecular formula is C32H51NO4S. The average molecular weight is 546 g/mol. The topological polar surface area (TPSA) is 86.6 Å². The average Bonchev–Trinajstić information content (AvgIpc) is 3.23. The fraction of sp³-hybridized carbons (Fsp3) is 0.812. The van der Waals surface area contributed by atoms with Crippen molar-refractivity contribution in [3.8, 4) is 0 Å². The number of sulfonamides is 1. The Bertz CT molecular complexity index is 1060. The first-order valence-corrected chi connectivity index (χ1v) is 17.0. The van der Waals surface area contributed by atoms with Gasteiger partial charge in [0.15, 0.2) is 0 Å². The lowest BCUT2D eigenvalue weighted by atomic mass is 9.41. The summed E-state index contributed by atoms with van der Waals surface area (Å²) in [6, 6.07) is 9.38. The molecule has 1 aromatic rings. The second-order valence-corrected chi connectivity index (χ2v) is 15.8. The number of aliphatic hydroxyl groups is 2. The zero-order valence-electron chi connectivity index (χ0n) is 24.0.